The molecule has 1 fully saturated rings. The van der Waals surface area contributed by atoms with Crippen LogP contribution in [0.1, 0.15) is 42.5 Å². The smallest absolute Gasteiger partial charge is 0.257 e. The first-order chi connectivity index (χ1) is 11.7. The lowest BCUT2D eigenvalue weighted by atomic mass is 9.75. The third-order valence-corrected chi connectivity index (χ3v) is 5.41. The van der Waals surface area contributed by atoms with Gasteiger partial charge < -0.3 is 20.1 Å². The maximum absolute atomic E-state index is 12.9. The van der Waals surface area contributed by atoms with Gasteiger partial charge in [-0.1, -0.05) is 18.6 Å². The molecule has 0 saturated carbocycles. The molecule has 1 aromatic rings. The summed E-state index contributed by atoms with van der Waals surface area (Å²) in [7, 11) is 0. The van der Waals surface area contributed by atoms with E-state index in [1.54, 1.807) is 0 Å². The number of amides is 1. The minimum Gasteiger partial charge on any atom is -0.491 e. The van der Waals surface area contributed by atoms with Crippen molar-refractivity contribution in [1.29, 1.82) is 0 Å². The number of aliphatic hydroxyl groups excluding tert-OH is 1. The molecule has 132 valence electrons. The molecule has 0 aromatic heterocycles. The number of para-hydroxylation sites is 1. The number of rotatable bonds is 1. The van der Waals surface area contributed by atoms with Crippen LogP contribution in [0.25, 0.3) is 0 Å². The van der Waals surface area contributed by atoms with Crippen LogP contribution in [0.4, 0.5) is 0 Å². The van der Waals surface area contributed by atoms with E-state index in [4.69, 9.17) is 4.74 Å². The maximum atomic E-state index is 12.9. The Hall–Kier alpha value is -1.59. The summed E-state index contributed by atoms with van der Waals surface area (Å²) in [5, 5.41) is 13.3. The van der Waals surface area contributed by atoms with Crippen molar-refractivity contribution in [3.8, 4) is 5.75 Å². The van der Waals surface area contributed by atoms with Crippen molar-refractivity contribution >= 4 is 5.91 Å². The van der Waals surface area contributed by atoms with Gasteiger partial charge in [-0.15, -0.1) is 0 Å². The Morgan fingerprint density at radius 2 is 1.92 bits per heavy atom. The summed E-state index contributed by atoms with van der Waals surface area (Å²) >= 11 is 0. The molecule has 5 heteroatoms. The summed E-state index contributed by atoms with van der Waals surface area (Å²) < 4.78 is 5.83. The van der Waals surface area contributed by atoms with Crippen LogP contribution >= 0.6 is 0 Å². The quantitative estimate of drug-likeness (QED) is 0.826. The topological polar surface area (TPSA) is 61.8 Å². The average Bonchev–Trinajstić information content (AvgIpc) is 2.64. The Kier molecular flexibility index (Phi) is 5.74. The van der Waals surface area contributed by atoms with Gasteiger partial charge in [0.15, 0.2) is 0 Å². The molecule has 3 aliphatic rings. The van der Waals surface area contributed by atoms with Gasteiger partial charge in [0.25, 0.3) is 5.91 Å². The largest absolute Gasteiger partial charge is 0.491 e. The van der Waals surface area contributed by atoms with E-state index in [1.807, 2.05) is 29.2 Å². The number of hydrogen-bond donors (Lipinski definition) is 2. The van der Waals surface area contributed by atoms with Gasteiger partial charge in [0.1, 0.15) is 12.4 Å². The van der Waals surface area contributed by atoms with Crippen molar-refractivity contribution in [2.45, 2.75) is 32.1 Å². The molecule has 0 atom stereocenters. The molecule has 24 heavy (non-hydrogen) atoms. The highest BCUT2D eigenvalue weighted by Crippen LogP contribution is 2.37. The number of nitrogens with one attached hydrogen (secondary N) is 1. The van der Waals surface area contributed by atoms with Gasteiger partial charge in [0.2, 0.25) is 0 Å². The number of hydrogen-bond acceptors (Lipinski definition) is 4. The minimum absolute atomic E-state index is 0.00697. The number of nitrogens with zero attached hydrogens (tertiary/aromatic N) is 1. The highest BCUT2D eigenvalue weighted by Gasteiger charge is 2.35. The number of carbonyl (C=O) groups excluding carboxylic acids is 1. The van der Waals surface area contributed by atoms with Crippen molar-refractivity contribution in [3.63, 3.8) is 0 Å². The summed E-state index contributed by atoms with van der Waals surface area (Å²) in [6.07, 6.45) is 5.03. The molecule has 1 amide bonds. The van der Waals surface area contributed by atoms with Crippen LogP contribution < -0.4 is 10.1 Å². The SMILES string of the molecule is O=C1c2ccccc2OCCNCCCCC2(CO)CCN1CC2. The molecule has 1 aromatic carbocycles. The Bertz CT molecular complexity index is 553. The third-order valence-electron chi connectivity index (χ3n) is 5.41. The molecule has 5 nitrogen and oxygen atoms in total. The molecule has 0 aliphatic carbocycles. The van der Waals surface area contributed by atoms with Crippen molar-refractivity contribution in [3.05, 3.63) is 29.8 Å². The molecule has 0 spiro atoms. The minimum atomic E-state index is -0.00697. The zero-order chi connectivity index (χ0) is 16.8. The lowest BCUT2D eigenvalue weighted by Gasteiger charge is -2.41. The van der Waals surface area contributed by atoms with Gasteiger partial charge in [-0.25, -0.2) is 0 Å². The van der Waals surface area contributed by atoms with Gasteiger partial charge in [-0.3, -0.25) is 4.79 Å². The number of ether oxygens (including phenoxy) is 1. The first-order valence-corrected chi connectivity index (χ1v) is 9.07. The van der Waals surface area contributed by atoms with E-state index in [-0.39, 0.29) is 17.9 Å². The molecule has 1 saturated heterocycles. The Morgan fingerprint density at radius 1 is 1.12 bits per heavy atom. The van der Waals surface area contributed by atoms with Crippen molar-refractivity contribution in [2.24, 2.45) is 5.41 Å². The fourth-order valence-electron chi connectivity index (χ4n) is 3.72. The summed E-state index contributed by atoms with van der Waals surface area (Å²) in [5.74, 6) is 0.707. The van der Waals surface area contributed by atoms with E-state index >= 15 is 0 Å². The Morgan fingerprint density at radius 3 is 2.71 bits per heavy atom. The molecule has 2 bridgehead atoms. The molecule has 0 unspecified atom stereocenters. The summed E-state index contributed by atoms with van der Waals surface area (Å²) in [6, 6.07) is 7.50. The highest BCUT2D eigenvalue weighted by molar-refractivity contribution is 5.97. The predicted molar refractivity (Wildman–Crippen MR) is 93.3 cm³/mol. The summed E-state index contributed by atoms with van der Waals surface area (Å²) in [6.45, 7) is 3.96. The van der Waals surface area contributed by atoms with Gasteiger partial charge in [0.05, 0.1) is 5.56 Å². The second-order valence-electron chi connectivity index (χ2n) is 7.00. The number of piperidine rings is 1. The van der Waals surface area contributed by atoms with Gasteiger partial charge >= 0.3 is 0 Å². The second kappa shape index (κ2) is 7.99. The van der Waals surface area contributed by atoms with Crippen LogP contribution in [0.3, 0.4) is 0 Å². The lowest BCUT2D eigenvalue weighted by Crippen LogP contribution is -2.44. The third kappa shape index (κ3) is 3.90. The van der Waals surface area contributed by atoms with Crippen molar-refractivity contribution < 1.29 is 14.6 Å². The lowest BCUT2D eigenvalue weighted by molar-refractivity contribution is 0.0299. The normalized spacial score (nSPS) is 22.2. The molecule has 4 rings (SSSR count). The van der Waals surface area contributed by atoms with E-state index < -0.39 is 0 Å². The van der Waals surface area contributed by atoms with Crippen LogP contribution in [-0.2, 0) is 0 Å². The monoisotopic (exact) mass is 332 g/mol. The van der Waals surface area contributed by atoms with Crippen molar-refractivity contribution in [1.82, 2.24) is 10.2 Å². The zero-order valence-electron chi connectivity index (χ0n) is 14.3. The van der Waals surface area contributed by atoms with E-state index in [0.717, 1.165) is 45.2 Å². The standard InChI is InChI=1S/C19H28N2O3/c22-15-19-7-3-4-10-20-11-14-24-17-6-2-1-5-16(17)18(23)21(12-8-19)13-9-19/h1-2,5-6,20,22H,3-4,7-15H2. The van der Waals surface area contributed by atoms with Crippen LogP contribution in [0, 0.1) is 5.41 Å². The maximum Gasteiger partial charge on any atom is 0.257 e. The van der Waals surface area contributed by atoms with Gasteiger partial charge in [0, 0.05) is 26.2 Å². The molecular formula is C19H28N2O3. The van der Waals surface area contributed by atoms with Crippen LogP contribution in [0.2, 0.25) is 0 Å². The Balaban J connectivity index is 1.79. The second-order valence-corrected chi connectivity index (χ2v) is 7.00. The molecule has 3 heterocycles. The van der Waals surface area contributed by atoms with Crippen LogP contribution in [0.5, 0.6) is 5.75 Å². The molecule has 0 radical (unpaired) electrons. The van der Waals surface area contributed by atoms with E-state index in [9.17, 15) is 9.90 Å². The van der Waals surface area contributed by atoms with Crippen LogP contribution in [-0.4, -0.2) is 55.3 Å². The highest BCUT2D eigenvalue weighted by atomic mass is 16.5. The molecule has 2 N–H and O–H groups in total. The Labute approximate surface area is 144 Å². The van der Waals surface area contributed by atoms with E-state index in [2.05, 4.69) is 5.32 Å². The average molecular weight is 332 g/mol. The van der Waals surface area contributed by atoms with Crippen molar-refractivity contribution in [2.75, 3.05) is 39.4 Å². The van der Waals surface area contributed by atoms with Gasteiger partial charge in [-0.05, 0) is 49.8 Å². The number of carbonyl (C=O) groups is 1. The fourth-order valence-corrected chi connectivity index (χ4v) is 3.72. The first kappa shape index (κ1) is 17.2. The molecule has 3 aliphatic heterocycles. The van der Waals surface area contributed by atoms with Gasteiger partial charge in [-0.2, -0.15) is 0 Å². The number of aliphatic hydroxyl groups is 1. The summed E-state index contributed by atoms with van der Waals surface area (Å²) in [5.41, 5.74) is 0.636. The zero-order valence-corrected chi connectivity index (χ0v) is 14.3. The molecular weight excluding hydrogens is 304 g/mol. The summed E-state index contributed by atoms with van der Waals surface area (Å²) in [4.78, 5) is 14.8. The van der Waals surface area contributed by atoms with E-state index in [0.29, 0.717) is 31.0 Å². The number of benzene rings is 1. The predicted octanol–water partition coefficient (Wildman–Crippen LogP) is 2.05. The number of fused-ring (bicyclic) bond motifs is 9. The first-order valence-electron chi connectivity index (χ1n) is 9.07. The van der Waals surface area contributed by atoms with E-state index in [1.165, 1.54) is 0 Å². The fraction of sp³-hybridized carbons (Fsp3) is 0.632. The van der Waals surface area contributed by atoms with Crippen LogP contribution in [0.15, 0.2) is 24.3 Å².